The minimum atomic E-state index is -0.358. The van der Waals surface area contributed by atoms with Crippen LogP contribution >= 0.6 is 0 Å². The van der Waals surface area contributed by atoms with Crippen molar-refractivity contribution >= 4 is 0 Å². The monoisotopic (exact) mass is 333 g/mol. The number of hydrogen-bond acceptors (Lipinski definition) is 5. The molecular formula is C19H27NO4. The topological polar surface area (TPSA) is 40.2 Å². The number of hydrogen-bond donors (Lipinski definition) is 0. The van der Waals surface area contributed by atoms with Gasteiger partial charge in [-0.05, 0) is 44.1 Å². The zero-order valence-electron chi connectivity index (χ0n) is 14.8. The summed E-state index contributed by atoms with van der Waals surface area (Å²) in [5, 5.41) is 0. The van der Waals surface area contributed by atoms with Gasteiger partial charge >= 0.3 is 0 Å². The van der Waals surface area contributed by atoms with E-state index in [1.165, 1.54) is 12.0 Å². The van der Waals surface area contributed by atoms with Crippen LogP contribution in [-0.4, -0.2) is 57.8 Å². The minimum Gasteiger partial charge on any atom is -0.493 e. The maximum atomic E-state index is 6.01. The normalized spacial score (nSPS) is 32.0. The van der Waals surface area contributed by atoms with E-state index in [4.69, 9.17) is 18.9 Å². The van der Waals surface area contributed by atoms with Crippen LogP contribution < -0.4 is 9.47 Å². The molecule has 1 spiro atoms. The van der Waals surface area contributed by atoms with E-state index >= 15 is 0 Å². The zero-order valence-corrected chi connectivity index (χ0v) is 14.8. The molecule has 2 saturated heterocycles. The Kier molecular flexibility index (Phi) is 3.98. The Morgan fingerprint density at radius 2 is 1.79 bits per heavy atom. The number of nitrogens with zero attached hydrogens (tertiary/aromatic N) is 1. The van der Waals surface area contributed by atoms with Crippen LogP contribution in [0.3, 0.4) is 0 Å². The van der Waals surface area contributed by atoms with Crippen molar-refractivity contribution in [1.29, 1.82) is 0 Å². The number of rotatable bonds is 3. The quantitative estimate of drug-likeness (QED) is 0.850. The van der Waals surface area contributed by atoms with E-state index in [9.17, 15) is 0 Å². The molecule has 3 fully saturated rings. The van der Waals surface area contributed by atoms with Crippen molar-refractivity contribution in [2.45, 2.75) is 42.9 Å². The average molecular weight is 333 g/mol. The van der Waals surface area contributed by atoms with E-state index in [2.05, 4.69) is 24.1 Å². The van der Waals surface area contributed by atoms with Gasteiger partial charge in [-0.25, -0.2) is 0 Å². The van der Waals surface area contributed by atoms with Crippen LogP contribution in [0.25, 0.3) is 0 Å². The summed E-state index contributed by atoms with van der Waals surface area (Å²) in [7, 11) is 5.61. The number of likely N-dealkylation sites (tertiary alicyclic amines) is 1. The van der Waals surface area contributed by atoms with E-state index < -0.39 is 0 Å². The van der Waals surface area contributed by atoms with Gasteiger partial charge in [-0.1, -0.05) is 6.07 Å². The summed E-state index contributed by atoms with van der Waals surface area (Å²) < 4.78 is 23.0. The summed E-state index contributed by atoms with van der Waals surface area (Å²) in [6.07, 6.45) is 4.15. The van der Waals surface area contributed by atoms with E-state index in [-0.39, 0.29) is 11.2 Å². The van der Waals surface area contributed by atoms with Crippen molar-refractivity contribution in [2.75, 3.05) is 41.0 Å². The molecule has 2 heterocycles. The van der Waals surface area contributed by atoms with Gasteiger partial charge in [0, 0.05) is 24.3 Å². The van der Waals surface area contributed by atoms with Crippen LogP contribution in [0.15, 0.2) is 18.2 Å². The lowest BCUT2D eigenvalue weighted by Crippen LogP contribution is -2.52. The first-order valence-corrected chi connectivity index (χ1v) is 8.83. The highest BCUT2D eigenvalue weighted by molar-refractivity contribution is 5.46. The Hall–Kier alpha value is -1.30. The Morgan fingerprint density at radius 1 is 1.04 bits per heavy atom. The van der Waals surface area contributed by atoms with Gasteiger partial charge in [-0.3, -0.25) is 0 Å². The highest BCUT2D eigenvalue weighted by atomic mass is 16.7. The first-order valence-electron chi connectivity index (χ1n) is 8.83. The molecule has 3 aliphatic rings. The molecule has 5 heteroatoms. The average Bonchev–Trinajstić information content (AvgIpc) is 3.21. The summed E-state index contributed by atoms with van der Waals surface area (Å²) in [4.78, 5) is 2.47. The van der Waals surface area contributed by atoms with Crippen LogP contribution in [0.5, 0.6) is 11.5 Å². The standard InChI is InChI=1S/C19H27NO4/c1-20-9-8-18(14-4-5-15(21-2)16(12-14)22-3)6-7-19(13-17(18)20)23-10-11-24-19/h4-5,12,17H,6-11,13H2,1-3H3. The van der Waals surface area contributed by atoms with Gasteiger partial charge < -0.3 is 23.8 Å². The fraction of sp³-hybridized carbons (Fsp3) is 0.684. The predicted octanol–water partition coefficient (Wildman–Crippen LogP) is 2.57. The van der Waals surface area contributed by atoms with Gasteiger partial charge in [-0.15, -0.1) is 0 Å². The van der Waals surface area contributed by atoms with Crippen molar-refractivity contribution in [1.82, 2.24) is 4.90 Å². The molecule has 5 nitrogen and oxygen atoms in total. The summed E-state index contributed by atoms with van der Waals surface area (Å²) in [6, 6.07) is 6.84. The highest BCUT2D eigenvalue weighted by Gasteiger charge is 2.56. The maximum Gasteiger partial charge on any atom is 0.170 e. The predicted molar refractivity (Wildman–Crippen MR) is 90.7 cm³/mol. The fourth-order valence-corrected chi connectivity index (χ4v) is 4.96. The van der Waals surface area contributed by atoms with Gasteiger partial charge in [-0.2, -0.15) is 0 Å². The lowest BCUT2D eigenvalue weighted by molar-refractivity contribution is -0.194. The number of ether oxygens (including phenoxy) is 4. The second-order valence-electron chi connectivity index (χ2n) is 7.28. The Labute approximate surface area is 143 Å². The van der Waals surface area contributed by atoms with Gasteiger partial charge in [0.1, 0.15) is 0 Å². The zero-order chi connectivity index (χ0) is 16.8. The van der Waals surface area contributed by atoms with E-state index in [1.54, 1.807) is 14.2 Å². The molecule has 1 aromatic rings. The maximum absolute atomic E-state index is 6.01. The van der Waals surface area contributed by atoms with Crippen LogP contribution in [0.1, 0.15) is 31.2 Å². The van der Waals surface area contributed by atoms with Gasteiger partial charge in [0.25, 0.3) is 0 Å². The second-order valence-corrected chi connectivity index (χ2v) is 7.28. The number of benzene rings is 1. The Balaban J connectivity index is 1.70. The lowest BCUT2D eigenvalue weighted by Gasteiger charge is -2.47. The summed E-state index contributed by atoms with van der Waals surface area (Å²) in [5.74, 6) is 1.24. The molecule has 0 aromatic heterocycles. The molecule has 0 bridgehead atoms. The Bertz CT molecular complexity index is 613. The van der Waals surface area contributed by atoms with Crippen molar-refractivity contribution in [3.8, 4) is 11.5 Å². The number of fused-ring (bicyclic) bond motifs is 1. The van der Waals surface area contributed by atoms with Crippen LogP contribution in [0.2, 0.25) is 0 Å². The van der Waals surface area contributed by atoms with E-state index in [0.717, 1.165) is 50.5 Å². The molecule has 24 heavy (non-hydrogen) atoms. The van der Waals surface area contributed by atoms with Crippen LogP contribution in [-0.2, 0) is 14.9 Å². The molecule has 132 valence electrons. The summed E-state index contributed by atoms with van der Waals surface area (Å²) in [5.41, 5.74) is 1.50. The third-order valence-corrected chi connectivity index (χ3v) is 6.31. The van der Waals surface area contributed by atoms with Crippen molar-refractivity contribution in [3.63, 3.8) is 0 Å². The highest BCUT2D eigenvalue weighted by Crippen LogP contribution is 2.53. The first-order chi connectivity index (χ1) is 11.6. The number of likely N-dealkylation sites (N-methyl/N-ethyl adjacent to an activating group) is 1. The van der Waals surface area contributed by atoms with Crippen LogP contribution in [0.4, 0.5) is 0 Å². The fourth-order valence-electron chi connectivity index (χ4n) is 4.96. The largest absolute Gasteiger partial charge is 0.493 e. The molecule has 4 rings (SSSR count). The molecule has 0 radical (unpaired) electrons. The molecule has 0 N–H and O–H groups in total. The smallest absolute Gasteiger partial charge is 0.170 e. The first kappa shape index (κ1) is 16.2. The van der Waals surface area contributed by atoms with Gasteiger partial charge in [0.2, 0.25) is 0 Å². The third-order valence-electron chi connectivity index (χ3n) is 6.31. The van der Waals surface area contributed by atoms with E-state index in [0.29, 0.717) is 6.04 Å². The molecule has 2 atom stereocenters. The minimum absolute atomic E-state index is 0.148. The SMILES string of the molecule is COc1ccc(C23CCN(C)C2CC2(CC3)OCCO2)cc1OC. The van der Waals surface area contributed by atoms with E-state index in [1.807, 2.05) is 6.07 Å². The molecule has 1 aromatic carbocycles. The molecule has 0 amide bonds. The van der Waals surface area contributed by atoms with Gasteiger partial charge in [0.05, 0.1) is 27.4 Å². The van der Waals surface area contributed by atoms with Gasteiger partial charge in [0.15, 0.2) is 17.3 Å². The molecule has 1 saturated carbocycles. The summed E-state index contributed by atoms with van der Waals surface area (Å²) >= 11 is 0. The van der Waals surface area contributed by atoms with Crippen molar-refractivity contribution < 1.29 is 18.9 Å². The van der Waals surface area contributed by atoms with Crippen molar-refractivity contribution in [2.24, 2.45) is 0 Å². The second kappa shape index (κ2) is 5.90. The molecule has 2 aliphatic heterocycles. The summed E-state index contributed by atoms with van der Waals surface area (Å²) in [6.45, 7) is 2.55. The molecule has 2 unspecified atom stereocenters. The third kappa shape index (κ3) is 2.33. The van der Waals surface area contributed by atoms with Crippen LogP contribution in [0, 0.1) is 0 Å². The molecule has 1 aliphatic carbocycles. The number of methoxy groups -OCH3 is 2. The lowest BCUT2D eigenvalue weighted by atomic mass is 9.64. The molecular weight excluding hydrogens is 306 g/mol. The Morgan fingerprint density at radius 3 is 2.50 bits per heavy atom. The van der Waals surface area contributed by atoms with Crippen molar-refractivity contribution in [3.05, 3.63) is 23.8 Å².